The van der Waals surface area contributed by atoms with Gasteiger partial charge in [-0.1, -0.05) is 177 Å². The lowest BCUT2D eigenvalue weighted by Crippen LogP contribution is -2.70. The van der Waals surface area contributed by atoms with E-state index in [0.29, 0.717) is 12.3 Å². The molecule has 1 amide bonds. The lowest BCUT2D eigenvalue weighted by molar-refractivity contribution is 0.0897. The molecule has 5 aromatic rings. The van der Waals surface area contributed by atoms with E-state index in [1.54, 1.807) is 0 Å². The lowest BCUT2D eigenvalue weighted by Gasteiger charge is -2.49. The van der Waals surface area contributed by atoms with Crippen LogP contribution in [0.4, 0.5) is 5.13 Å². The Kier molecular flexibility index (Phi) is 11.6. The molecule has 9 heteroatoms. The van der Waals surface area contributed by atoms with E-state index < -0.39 is 16.6 Å². The molecular formula is C44H55N3O3SSi2. The van der Waals surface area contributed by atoms with E-state index in [1.165, 1.54) is 32.1 Å². The van der Waals surface area contributed by atoms with Crippen LogP contribution in [-0.2, 0) is 8.85 Å². The Balaban J connectivity index is 1.16. The SMILES string of the molecule is CC(C)[C@@H](CO[Si](c1ccccc1)(c1ccccc1)C(C)(C)C)NC(=O)c1csc(N2CC(O[Si](c3ccccc3)(c3ccccc3)C(C)(C)C)C2)n1. The molecule has 0 spiro atoms. The second-order valence-electron chi connectivity index (χ2n) is 16.6. The molecule has 278 valence electrons. The summed E-state index contributed by atoms with van der Waals surface area (Å²) in [7, 11) is -5.40. The van der Waals surface area contributed by atoms with Crippen molar-refractivity contribution in [2.75, 3.05) is 24.6 Å². The summed E-state index contributed by atoms with van der Waals surface area (Å²) < 4.78 is 14.5. The molecule has 53 heavy (non-hydrogen) atoms. The summed E-state index contributed by atoms with van der Waals surface area (Å²) in [6, 6.07) is 42.7. The Hall–Kier alpha value is -3.87. The summed E-state index contributed by atoms with van der Waals surface area (Å²) in [5.74, 6) is -0.0112. The highest BCUT2D eigenvalue weighted by Gasteiger charge is 2.53. The van der Waals surface area contributed by atoms with Crippen molar-refractivity contribution < 1.29 is 13.6 Å². The highest BCUT2D eigenvalue weighted by atomic mass is 32.1. The van der Waals surface area contributed by atoms with Crippen LogP contribution in [0, 0.1) is 5.92 Å². The number of nitrogens with zero attached hydrogens (tertiary/aromatic N) is 2. The molecule has 1 atom stereocenters. The van der Waals surface area contributed by atoms with Crippen molar-refractivity contribution in [3.63, 3.8) is 0 Å². The average Bonchev–Trinajstić information content (AvgIpc) is 3.61. The molecule has 4 aromatic carbocycles. The average molecular weight is 762 g/mol. The van der Waals surface area contributed by atoms with E-state index in [2.05, 4.69) is 187 Å². The van der Waals surface area contributed by atoms with Gasteiger partial charge < -0.3 is 19.1 Å². The highest BCUT2D eigenvalue weighted by molar-refractivity contribution is 7.14. The molecule has 1 aliphatic heterocycles. The molecule has 1 saturated heterocycles. The van der Waals surface area contributed by atoms with Crippen molar-refractivity contribution in [2.24, 2.45) is 5.92 Å². The van der Waals surface area contributed by atoms with E-state index in [9.17, 15) is 4.79 Å². The molecular weight excluding hydrogens is 707 g/mol. The number of hydrogen-bond acceptors (Lipinski definition) is 6. The second kappa shape index (κ2) is 15.9. The zero-order valence-corrected chi connectivity index (χ0v) is 35.3. The molecule has 1 fully saturated rings. The summed E-state index contributed by atoms with van der Waals surface area (Å²) in [6.45, 7) is 19.9. The number of thiazole rings is 1. The molecule has 2 heterocycles. The number of carbonyl (C=O) groups is 1. The number of carbonyl (C=O) groups excluding carboxylic acids is 1. The van der Waals surface area contributed by atoms with E-state index in [1.807, 2.05) is 5.38 Å². The van der Waals surface area contributed by atoms with E-state index in [0.717, 1.165) is 18.2 Å². The van der Waals surface area contributed by atoms with Crippen LogP contribution in [0.5, 0.6) is 0 Å². The van der Waals surface area contributed by atoms with Gasteiger partial charge in [0.15, 0.2) is 5.13 Å². The minimum atomic E-state index is -2.76. The van der Waals surface area contributed by atoms with Crippen molar-refractivity contribution in [3.05, 3.63) is 132 Å². The molecule has 0 aliphatic carbocycles. The summed E-state index contributed by atoms with van der Waals surface area (Å²) >= 11 is 1.52. The normalized spacial score (nSPS) is 14.9. The molecule has 0 bridgehead atoms. The van der Waals surface area contributed by atoms with E-state index >= 15 is 0 Å². The molecule has 0 radical (unpaired) electrons. The van der Waals surface area contributed by atoms with Crippen molar-refractivity contribution in [3.8, 4) is 0 Å². The monoisotopic (exact) mass is 761 g/mol. The van der Waals surface area contributed by atoms with Crippen LogP contribution in [0.3, 0.4) is 0 Å². The van der Waals surface area contributed by atoms with Crippen LogP contribution in [0.2, 0.25) is 10.1 Å². The first kappa shape index (κ1) is 38.8. The quantitative estimate of drug-likeness (QED) is 0.128. The smallest absolute Gasteiger partial charge is 0.271 e. The summed E-state index contributed by atoms with van der Waals surface area (Å²) in [5.41, 5.74) is 0.442. The molecule has 0 saturated carbocycles. The van der Waals surface area contributed by atoms with Crippen LogP contribution in [0.25, 0.3) is 0 Å². The highest BCUT2D eigenvalue weighted by Crippen LogP contribution is 2.40. The maximum atomic E-state index is 13.8. The fraction of sp³-hybridized carbons (Fsp3) is 0.364. The Morgan fingerprint density at radius 2 is 1.15 bits per heavy atom. The third-order valence-electron chi connectivity index (χ3n) is 10.6. The van der Waals surface area contributed by atoms with Crippen LogP contribution in [0.15, 0.2) is 127 Å². The standard InChI is InChI=1S/C44H55N3O3SSi2/c1-33(2)39(31-49-52(43(3,4)5,35-21-13-9-14-22-35)36-23-15-10-16-24-36)45-41(48)40-32-51-42(46-40)47-29-34(30-47)50-53(44(6,7)8,37-25-17-11-18-26-37)38-27-19-12-20-28-38/h9-28,32-34,39H,29-31H2,1-8H3,(H,45,48)/t39-/m1/s1. The predicted octanol–water partition coefficient (Wildman–Crippen LogP) is 7.24. The number of rotatable bonds is 13. The summed E-state index contributed by atoms with van der Waals surface area (Å²) in [4.78, 5) is 20.9. The maximum absolute atomic E-state index is 13.8. The summed E-state index contributed by atoms with van der Waals surface area (Å²) in [6.07, 6.45) is 0.0615. The number of benzene rings is 4. The molecule has 0 unspecified atom stereocenters. The summed E-state index contributed by atoms with van der Waals surface area (Å²) in [5, 5.41) is 10.8. The zero-order valence-electron chi connectivity index (χ0n) is 32.5. The lowest BCUT2D eigenvalue weighted by atomic mass is 10.1. The number of anilines is 1. The van der Waals surface area contributed by atoms with Crippen molar-refractivity contribution in [1.82, 2.24) is 10.3 Å². The van der Waals surface area contributed by atoms with Crippen LogP contribution >= 0.6 is 11.3 Å². The number of hydrogen-bond donors (Lipinski definition) is 1. The largest absolute Gasteiger partial charge is 0.405 e. The minimum Gasteiger partial charge on any atom is -0.405 e. The van der Waals surface area contributed by atoms with Gasteiger partial charge in [-0.05, 0) is 36.7 Å². The van der Waals surface area contributed by atoms with Gasteiger partial charge in [-0.3, -0.25) is 4.79 Å². The van der Waals surface area contributed by atoms with Crippen molar-refractivity contribution in [2.45, 2.75) is 77.6 Å². The van der Waals surface area contributed by atoms with Crippen molar-refractivity contribution in [1.29, 1.82) is 0 Å². The van der Waals surface area contributed by atoms with Crippen LogP contribution in [-0.4, -0.2) is 59.4 Å². The van der Waals surface area contributed by atoms with Gasteiger partial charge in [0.25, 0.3) is 22.5 Å². The fourth-order valence-corrected chi connectivity index (χ4v) is 17.8. The topological polar surface area (TPSA) is 63.7 Å². The van der Waals surface area contributed by atoms with Gasteiger partial charge in [0.2, 0.25) is 0 Å². The Morgan fingerprint density at radius 1 is 0.736 bits per heavy atom. The van der Waals surface area contributed by atoms with Gasteiger partial charge in [-0.15, -0.1) is 11.3 Å². The zero-order chi connectivity index (χ0) is 37.9. The third kappa shape index (κ3) is 7.86. The maximum Gasteiger partial charge on any atom is 0.271 e. The third-order valence-corrected chi connectivity index (χ3v) is 21.6. The number of aromatic nitrogens is 1. The molecule has 1 aromatic heterocycles. The van der Waals surface area contributed by atoms with Gasteiger partial charge in [-0.2, -0.15) is 0 Å². The Bertz CT molecular complexity index is 1840. The van der Waals surface area contributed by atoms with E-state index in [4.69, 9.17) is 13.8 Å². The molecule has 6 nitrogen and oxygen atoms in total. The Labute approximate surface area is 322 Å². The van der Waals surface area contributed by atoms with Crippen molar-refractivity contribution >= 4 is 59.8 Å². The number of amides is 1. The second-order valence-corrected chi connectivity index (χ2v) is 26.0. The van der Waals surface area contributed by atoms with Crippen LogP contribution < -0.4 is 31.0 Å². The molecule has 1 N–H and O–H groups in total. The molecule has 6 rings (SSSR count). The van der Waals surface area contributed by atoms with Gasteiger partial charge in [0, 0.05) is 18.5 Å². The van der Waals surface area contributed by atoms with E-state index in [-0.39, 0.29) is 34.0 Å². The van der Waals surface area contributed by atoms with Crippen LogP contribution in [0.1, 0.15) is 65.9 Å². The van der Waals surface area contributed by atoms with Gasteiger partial charge >= 0.3 is 0 Å². The molecule has 1 aliphatic rings. The van der Waals surface area contributed by atoms with Gasteiger partial charge in [0.05, 0.1) is 18.8 Å². The first-order valence-electron chi connectivity index (χ1n) is 18.8. The van der Waals surface area contributed by atoms with Gasteiger partial charge in [0.1, 0.15) is 5.69 Å². The predicted molar refractivity (Wildman–Crippen MR) is 226 cm³/mol. The minimum absolute atomic E-state index is 0.0615. The first-order chi connectivity index (χ1) is 25.3. The Morgan fingerprint density at radius 3 is 1.55 bits per heavy atom. The fourth-order valence-electron chi connectivity index (χ4n) is 7.74. The number of nitrogens with one attached hydrogen (secondary N) is 1. The first-order valence-corrected chi connectivity index (χ1v) is 23.5. The van der Waals surface area contributed by atoms with Gasteiger partial charge in [-0.25, -0.2) is 4.98 Å².